The molecule has 0 heterocycles. The number of hydrogen-bond acceptors (Lipinski definition) is 2. The summed E-state index contributed by atoms with van der Waals surface area (Å²) >= 11 is 0. The second-order valence-corrected chi connectivity index (χ2v) is 5.37. The minimum atomic E-state index is -5.83. The molecule has 0 radical (unpaired) electrons. The highest BCUT2D eigenvalue weighted by Crippen LogP contribution is 2.40. The van der Waals surface area contributed by atoms with Gasteiger partial charge < -0.3 is 10.6 Å². The Hall–Kier alpha value is -3.04. The Labute approximate surface area is 149 Å². The summed E-state index contributed by atoms with van der Waals surface area (Å²) in [6.45, 7) is 0. The van der Waals surface area contributed by atoms with Gasteiger partial charge in [0.1, 0.15) is 0 Å². The normalized spacial score (nSPS) is 12.0. The molecule has 0 spiro atoms. The molecule has 10 heteroatoms. The van der Waals surface area contributed by atoms with Crippen LogP contribution >= 0.6 is 0 Å². The maximum atomic E-state index is 12.7. The fourth-order valence-corrected chi connectivity index (χ4v) is 2.20. The summed E-state index contributed by atoms with van der Waals surface area (Å²) in [5.74, 6) is -7.35. The van der Waals surface area contributed by atoms with Gasteiger partial charge in [0, 0.05) is 5.69 Å². The van der Waals surface area contributed by atoms with Gasteiger partial charge in [-0.3, -0.25) is 9.59 Å². The monoisotopic (exact) mass is 390 g/mol. The van der Waals surface area contributed by atoms with Crippen molar-refractivity contribution in [1.82, 2.24) is 0 Å². The minimum Gasteiger partial charge on any atom is -0.325 e. The molecule has 0 saturated carbocycles. The van der Waals surface area contributed by atoms with Crippen LogP contribution in [0.25, 0.3) is 0 Å². The summed E-state index contributed by atoms with van der Waals surface area (Å²) in [6, 6.07) is 12.8. The van der Waals surface area contributed by atoms with Gasteiger partial charge in [0.2, 0.25) is 11.8 Å². The second-order valence-electron chi connectivity index (χ2n) is 5.37. The van der Waals surface area contributed by atoms with Crippen molar-refractivity contribution >= 4 is 23.2 Å². The van der Waals surface area contributed by atoms with E-state index in [4.69, 9.17) is 0 Å². The molecule has 0 aliphatic heterocycles. The van der Waals surface area contributed by atoms with E-state index in [0.29, 0.717) is 5.69 Å². The van der Waals surface area contributed by atoms with Gasteiger partial charge in [-0.2, -0.15) is 26.3 Å². The lowest BCUT2D eigenvalue weighted by Gasteiger charge is -2.22. The Bertz CT molecular complexity index is 804. The SMILES string of the molecule is O=C(Nc1ccccc1)c1ccccc1NC(=O)C(C(F)(F)F)C(F)(F)F. The smallest absolute Gasteiger partial charge is 0.325 e. The van der Waals surface area contributed by atoms with Crippen molar-refractivity contribution in [3.8, 4) is 0 Å². The molecular weight excluding hydrogens is 378 g/mol. The number of alkyl halides is 6. The number of carbonyl (C=O) groups is 2. The summed E-state index contributed by atoms with van der Waals surface area (Å²) in [4.78, 5) is 23.9. The summed E-state index contributed by atoms with van der Waals surface area (Å²) in [5, 5.41) is 3.98. The van der Waals surface area contributed by atoms with Crippen LogP contribution in [0, 0.1) is 5.92 Å². The zero-order valence-corrected chi connectivity index (χ0v) is 13.4. The molecule has 0 unspecified atom stereocenters. The largest absolute Gasteiger partial charge is 0.409 e. The molecule has 27 heavy (non-hydrogen) atoms. The quantitative estimate of drug-likeness (QED) is 0.749. The summed E-state index contributed by atoms with van der Waals surface area (Å²) < 4.78 is 75.9. The predicted molar refractivity (Wildman–Crippen MR) is 85.1 cm³/mol. The van der Waals surface area contributed by atoms with Crippen molar-refractivity contribution < 1.29 is 35.9 Å². The number of para-hydroxylation sites is 2. The van der Waals surface area contributed by atoms with Gasteiger partial charge in [0.05, 0.1) is 11.3 Å². The number of hydrogen-bond donors (Lipinski definition) is 2. The van der Waals surface area contributed by atoms with Crippen LogP contribution in [0.2, 0.25) is 0 Å². The Morgan fingerprint density at radius 1 is 0.741 bits per heavy atom. The molecule has 0 aromatic heterocycles. The molecule has 0 aliphatic rings. The van der Waals surface area contributed by atoms with E-state index in [-0.39, 0.29) is 5.56 Å². The highest BCUT2D eigenvalue weighted by atomic mass is 19.4. The lowest BCUT2D eigenvalue weighted by atomic mass is 10.1. The van der Waals surface area contributed by atoms with E-state index in [1.165, 1.54) is 24.3 Å². The van der Waals surface area contributed by atoms with Gasteiger partial charge in [-0.05, 0) is 24.3 Å². The van der Waals surface area contributed by atoms with E-state index in [2.05, 4.69) is 5.32 Å². The molecule has 2 aromatic carbocycles. The van der Waals surface area contributed by atoms with Gasteiger partial charge in [-0.1, -0.05) is 30.3 Å². The average Bonchev–Trinajstić information content (AvgIpc) is 2.53. The lowest BCUT2D eigenvalue weighted by molar-refractivity contribution is -0.272. The number of benzene rings is 2. The molecule has 0 saturated heterocycles. The van der Waals surface area contributed by atoms with Gasteiger partial charge >= 0.3 is 12.4 Å². The Morgan fingerprint density at radius 2 is 1.26 bits per heavy atom. The van der Waals surface area contributed by atoms with Gasteiger partial charge in [0.25, 0.3) is 5.91 Å². The number of nitrogens with one attached hydrogen (secondary N) is 2. The number of halogens is 6. The van der Waals surface area contributed by atoms with E-state index in [9.17, 15) is 35.9 Å². The van der Waals surface area contributed by atoms with E-state index < -0.39 is 35.8 Å². The van der Waals surface area contributed by atoms with Crippen molar-refractivity contribution in [1.29, 1.82) is 0 Å². The first-order chi connectivity index (χ1) is 12.5. The first kappa shape index (κ1) is 20.3. The first-order valence-electron chi connectivity index (χ1n) is 7.40. The maximum Gasteiger partial charge on any atom is 0.409 e. The topological polar surface area (TPSA) is 58.2 Å². The zero-order valence-electron chi connectivity index (χ0n) is 13.4. The number of rotatable bonds is 4. The van der Waals surface area contributed by atoms with E-state index >= 15 is 0 Å². The molecule has 0 fully saturated rings. The molecule has 0 aliphatic carbocycles. The van der Waals surface area contributed by atoms with Crippen LogP contribution in [0.4, 0.5) is 37.7 Å². The van der Waals surface area contributed by atoms with Gasteiger partial charge in [-0.15, -0.1) is 0 Å². The molecule has 2 rings (SSSR count). The van der Waals surface area contributed by atoms with Crippen LogP contribution in [0.3, 0.4) is 0 Å². The van der Waals surface area contributed by atoms with Gasteiger partial charge in [-0.25, -0.2) is 0 Å². The molecule has 2 aromatic rings. The Morgan fingerprint density at radius 3 is 1.81 bits per heavy atom. The fourth-order valence-electron chi connectivity index (χ4n) is 2.20. The second kappa shape index (κ2) is 7.68. The Kier molecular flexibility index (Phi) is 5.77. The molecule has 4 nitrogen and oxygen atoms in total. The summed E-state index contributed by atoms with van der Waals surface area (Å²) in [5.41, 5.74) is -0.417. The molecule has 0 atom stereocenters. The first-order valence-corrected chi connectivity index (χ1v) is 7.40. The summed E-state index contributed by atoms with van der Waals surface area (Å²) in [6.07, 6.45) is -11.7. The predicted octanol–water partition coefficient (Wildman–Crippen LogP) is 4.62. The van der Waals surface area contributed by atoms with Crippen molar-refractivity contribution in [2.24, 2.45) is 5.92 Å². The minimum absolute atomic E-state index is 0.294. The highest BCUT2D eigenvalue weighted by Gasteiger charge is 2.61. The fraction of sp³-hybridized carbons (Fsp3) is 0.176. The average molecular weight is 390 g/mol. The van der Waals surface area contributed by atoms with Crippen molar-refractivity contribution in [2.45, 2.75) is 12.4 Å². The van der Waals surface area contributed by atoms with E-state index in [1.54, 1.807) is 23.5 Å². The third-order valence-electron chi connectivity index (χ3n) is 3.38. The van der Waals surface area contributed by atoms with Crippen LogP contribution < -0.4 is 10.6 Å². The maximum absolute atomic E-state index is 12.7. The highest BCUT2D eigenvalue weighted by molar-refractivity contribution is 6.10. The molecule has 0 bridgehead atoms. The zero-order chi connectivity index (χ0) is 20.2. The van der Waals surface area contributed by atoms with Crippen LogP contribution in [0.1, 0.15) is 10.4 Å². The number of carbonyl (C=O) groups excluding carboxylic acids is 2. The van der Waals surface area contributed by atoms with Crippen molar-refractivity contribution in [3.05, 3.63) is 60.2 Å². The summed E-state index contributed by atoms with van der Waals surface area (Å²) in [7, 11) is 0. The van der Waals surface area contributed by atoms with E-state index in [0.717, 1.165) is 12.1 Å². The molecule has 2 N–H and O–H groups in total. The molecule has 2 amide bonds. The third kappa shape index (κ3) is 5.22. The van der Waals surface area contributed by atoms with Crippen molar-refractivity contribution in [3.63, 3.8) is 0 Å². The lowest BCUT2D eigenvalue weighted by Crippen LogP contribution is -2.45. The van der Waals surface area contributed by atoms with Gasteiger partial charge in [0.15, 0.2) is 0 Å². The van der Waals surface area contributed by atoms with E-state index in [1.807, 2.05) is 0 Å². The standard InChI is InChI=1S/C17H12F6N2O2/c18-16(19,20)13(17(21,22)23)15(27)25-12-9-5-4-8-11(12)14(26)24-10-6-2-1-3-7-10/h1-9,13H,(H,24,26)(H,25,27). The third-order valence-corrected chi connectivity index (χ3v) is 3.38. The number of anilines is 2. The van der Waals surface area contributed by atoms with Crippen LogP contribution in [0.5, 0.6) is 0 Å². The molecule has 144 valence electrons. The Balaban J connectivity index is 2.27. The van der Waals surface area contributed by atoms with Crippen LogP contribution in [0.15, 0.2) is 54.6 Å². The van der Waals surface area contributed by atoms with Crippen LogP contribution in [-0.4, -0.2) is 24.2 Å². The number of amides is 2. The van der Waals surface area contributed by atoms with Crippen molar-refractivity contribution in [2.75, 3.05) is 10.6 Å². The van der Waals surface area contributed by atoms with Crippen LogP contribution in [-0.2, 0) is 4.79 Å². The molecular formula is C17H12F6N2O2.